The quantitative estimate of drug-likeness (QED) is 0.845. The van der Waals surface area contributed by atoms with Crippen LogP contribution in [0, 0.1) is 0 Å². The van der Waals surface area contributed by atoms with Crippen LogP contribution in [0.3, 0.4) is 0 Å². The third-order valence-electron chi connectivity index (χ3n) is 2.93. The number of aromatic nitrogens is 2. The van der Waals surface area contributed by atoms with Crippen LogP contribution in [0.5, 0.6) is 0 Å². The molecule has 0 saturated heterocycles. The zero-order valence-electron chi connectivity index (χ0n) is 11.7. The highest BCUT2D eigenvalue weighted by molar-refractivity contribution is 6.01. The summed E-state index contributed by atoms with van der Waals surface area (Å²) >= 11 is 0. The number of carbonyl (C=O) groups is 1. The van der Waals surface area contributed by atoms with E-state index in [0.717, 1.165) is 10.1 Å². The minimum Gasteiger partial charge on any atom is -0.317 e. The first-order chi connectivity index (χ1) is 9.99. The Kier molecular flexibility index (Phi) is 4.18. The van der Waals surface area contributed by atoms with Crippen molar-refractivity contribution in [2.75, 3.05) is 5.32 Å². The third-order valence-corrected chi connectivity index (χ3v) is 2.93. The summed E-state index contributed by atoms with van der Waals surface area (Å²) in [6.07, 6.45) is 4.28. The lowest BCUT2D eigenvalue weighted by Gasteiger charge is -2.06. The number of amides is 1. The maximum Gasteiger partial charge on any atom is 0.330 e. The molecule has 0 aliphatic carbocycles. The number of hydrogen-bond acceptors (Lipinski definition) is 3. The minimum absolute atomic E-state index is 0.0577. The number of hydrogen-bond donors (Lipinski definition) is 1. The topological polar surface area (TPSA) is 73.1 Å². The van der Waals surface area contributed by atoms with E-state index < -0.39 is 17.2 Å². The summed E-state index contributed by atoms with van der Waals surface area (Å²) in [7, 11) is 2.87. The zero-order chi connectivity index (χ0) is 15.4. The first kappa shape index (κ1) is 14.5. The standard InChI is InChI=1S/C15H15N3O3/c1-17-10-12(14(20)18(2)15(17)21)16-13(19)9-8-11-6-4-3-5-7-11/h3-10H,1-2H3,(H,16,19)/b9-8+. The van der Waals surface area contributed by atoms with Crippen LogP contribution < -0.4 is 16.6 Å². The number of nitrogens with zero attached hydrogens (tertiary/aromatic N) is 2. The van der Waals surface area contributed by atoms with Gasteiger partial charge in [0.05, 0.1) is 0 Å². The SMILES string of the molecule is Cn1cc(NC(=O)/C=C/c2ccccc2)c(=O)n(C)c1=O. The molecular weight excluding hydrogens is 270 g/mol. The third kappa shape index (κ3) is 3.36. The second-order valence-electron chi connectivity index (χ2n) is 4.53. The normalized spacial score (nSPS) is 10.8. The van der Waals surface area contributed by atoms with Gasteiger partial charge in [0.2, 0.25) is 5.91 Å². The fourth-order valence-corrected chi connectivity index (χ4v) is 1.80. The molecule has 0 unspecified atom stereocenters. The number of anilines is 1. The number of rotatable bonds is 3. The van der Waals surface area contributed by atoms with Gasteiger partial charge in [0.25, 0.3) is 5.56 Å². The highest BCUT2D eigenvalue weighted by Gasteiger charge is 2.08. The molecule has 0 spiro atoms. The monoisotopic (exact) mass is 285 g/mol. The van der Waals surface area contributed by atoms with Crippen LogP contribution in [0.15, 0.2) is 52.2 Å². The molecule has 0 aliphatic rings. The average Bonchev–Trinajstić information content (AvgIpc) is 2.49. The smallest absolute Gasteiger partial charge is 0.317 e. The summed E-state index contributed by atoms with van der Waals surface area (Å²) < 4.78 is 2.18. The molecule has 2 rings (SSSR count). The van der Waals surface area contributed by atoms with Crippen LogP contribution in [0.4, 0.5) is 5.69 Å². The van der Waals surface area contributed by atoms with E-state index in [1.165, 1.54) is 30.9 Å². The Hall–Kier alpha value is -2.89. The molecule has 0 radical (unpaired) electrons. The van der Waals surface area contributed by atoms with Gasteiger partial charge in [-0.25, -0.2) is 4.79 Å². The lowest BCUT2D eigenvalue weighted by Crippen LogP contribution is -2.38. The van der Waals surface area contributed by atoms with Gasteiger partial charge < -0.3 is 9.88 Å². The van der Waals surface area contributed by atoms with Gasteiger partial charge in [0, 0.05) is 26.4 Å². The zero-order valence-corrected chi connectivity index (χ0v) is 11.7. The molecule has 1 aromatic heterocycles. The maximum absolute atomic E-state index is 11.9. The van der Waals surface area contributed by atoms with Crippen molar-refractivity contribution in [3.05, 3.63) is 69.0 Å². The fraction of sp³-hybridized carbons (Fsp3) is 0.133. The summed E-state index contributed by atoms with van der Waals surface area (Å²) in [5, 5.41) is 2.47. The molecule has 1 heterocycles. The Bertz CT molecular complexity index is 801. The summed E-state index contributed by atoms with van der Waals surface area (Å²) in [6, 6.07) is 9.32. The second kappa shape index (κ2) is 6.04. The van der Waals surface area contributed by atoms with Crippen LogP contribution in [-0.2, 0) is 18.9 Å². The number of carbonyl (C=O) groups excluding carboxylic acids is 1. The molecule has 0 aliphatic heterocycles. The molecule has 0 atom stereocenters. The van der Waals surface area contributed by atoms with E-state index >= 15 is 0 Å². The van der Waals surface area contributed by atoms with Crippen molar-refractivity contribution in [2.24, 2.45) is 14.1 Å². The lowest BCUT2D eigenvalue weighted by atomic mass is 10.2. The predicted molar refractivity (Wildman–Crippen MR) is 81.0 cm³/mol. The highest BCUT2D eigenvalue weighted by Crippen LogP contribution is 2.02. The molecule has 1 aromatic carbocycles. The molecule has 6 nitrogen and oxygen atoms in total. The van der Waals surface area contributed by atoms with E-state index in [1.807, 2.05) is 30.3 Å². The fourth-order valence-electron chi connectivity index (χ4n) is 1.80. The van der Waals surface area contributed by atoms with E-state index in [9.17, 15) is 14.4 Å². The Labute approximate surface area is 121 Å². The van der Waals surface area contributed by atoms with Gasteiger partial charge in [-0.1, -0.05) is 30.3 Å². The summed E-state index contributed by atoms with van der Waals surface area (Å²) in [5.41, 5.74) is -0.0549. The average molecular weight is 285 g/mol. The van der Waals surface area contributed by atoms with E-state index in [-0.39, 0.29) is 5.69 Å². The van der Waals surface area contributed by atoms with Crippen LogP contribution in [0.25, 0.3) is 6.08 Å². The maximum atomic E-state index is 11.9. The second-order valence-corrected chi connectivity index (χ2v) is 4.53. The van der Waals surface area contributed by atoms with E-state index in [4.69, 9.17) is 0 Å². The van der Waals surface area contributed by atoms with Gasteiger partial charge in [-0.15, -0.1) is 0 Å². The van der Waals surface area contributed by atoms with Crippen molar-refractivity contribution in [3.8, 4) is 0 Å². The van der Waals surface area contributed by atoms with E-state index in [2.05, 4.69) is 5.32 Å². The molecule has 6 heteroatoms. The predicted octanol–water partition coefficient (Wildman–Crippen LogP) is 0.736. The highest BCUT2D eigenvalue weighted by atomic mass is 16.2. The van der Waals surface area contributed by atoms with Crippen molar-refractivity contribution in [3.63, 3.8) is 0 Å². The van der Waals surface area contributed by atoms with E-state index in [0.29, 0.717) is 0 Å². The summed E-state index contributed by atoms with van der Waals surface area (Å²) in [6.45, 7) is 0. The molecule has 2 aromatic rings. The molecule has 0 bridgehead atoms. The van der Waals surface area contributed by atoms with Crippen molar-refractivity contribution >= 4 is 17.7 Å². The number of benzene rings is 1. The molecule has 1 amide bonds. The van der Waals surface area contributed by atoms with Crippen molar-refractivity contribution < 1.29 is 4.79 Å². The van der Waals surface area contributed by atoms with Crippen LogP contribution in [0.2, 0.25) is 0 Å². The Balaban J connectivity index is 2.20. The Morgan fingerprint density at radius 1 is 1.14 bits per heavy atom. The van der Waals surface area contributed by atoms with Gasteiger partial charge in [-0.2, -0.15) is 0 Å². The van der Waals surface area contributed by atoms with Gasteiger partial charge >= 0.3 is 5.69 Å². The van der Waals surface area contributed by atoms with Crippen LogP contribution in [-0.4, -0.2) is 15.0 Å². The molecule has 108 valence electrons. The molecule has 0 fully saturated rings. The van der Waals surface area contributed by atoms with E-state index in [1.54, 1.807) is 6.08 Å². The first-order valence-electron chi connectivity index (χ1n) is 6.30. The number of aryl methyl sites for hydroxylation is 1. The van der Waals surface area contributed by atoms with Crippen molar-refractivity contribution in [1.82, 2.24) is 9.13 Å². The van der Waals surface area contributed by atoms with Gasteiger partial charge in [-0.3, -0.25) is 14.2 Å². The van der Waals surface area contributed by atoms with Crippen LogP contribution >= 0.6 is 0 Å². The Morgan fingerprint density at radius 3 is 2.48 bits per heavy atom. The summed E-state index contributed by atoms with van der Waals surface area (Å²) in [5.74, 6) is -0.436. The van der Waals surface area contributed by atoms with Crippen LogP contribution in [0.1, 0.15) is 5.56 Å². The molecular formula is C15H15N3O3. The molecule has 21 heavy (non-hydrogen) atoms. The number of nitrogens with one attached hydrogen (secondary N) is 1. The van der Waals surface area contributed by atoms with Gasteiger partial charge in [0.1, 0.15) is 5.69 Å². The minimum atomic E-state index is -0.542. The molecule has 0 saturated carbocycles. The van der Waals surface area contributed by atoms with Crippen molar-refractivity contribution in [1.29, 1.82) is 0 Å². The van der Waals surface area contributed by atoms with Gasteiger partial charge in [-0.05, 0) is 11.6 Å². The lowest BCUT2D eigenvalue weighted by molar-refractivity contribution is -0.111. The summed E-state index contributed by atoms with van der Waals surface area (Å²) in [4.78, 5) is 35.2. The Morgan fingerprint density at radius 2 is 1.81 bits per heavy atom. The van der Waals surface area contributed by atoms with Crippen molar-refractivity contribution in [2.45, 2.75) is 0 Å². The van der Waals surface area contributed by atoms with Gasteiger partial charge in [0.15, 0.2) is 0 Å². The largest absolute Gasteiger partial charge is 0.330 e. The molecule has 1 N–H and O–H groups in total. The first-order valence-corrected chi connectivity index (χ1v) is 6.30.